The number of halogens is 1. The summed E-state index contributed by atoms with van der Waals surface area (Å²) in [5.41, 5.74) is 0.525. The van der Waals surface area contributed by atoms with Gasteiger partial charge in [-0.05, 0) is 18.2 Å². The maximum Gasteiger partial charge on any atom is 0.324 e. The van der Waals surface area contributed by atoms with Gasteiger partial charge in [0.05, 0.1) is 10.6 Å². The first-order valence-electron chi connectivity index (χ1n) is 4.81. The average molecular weight is 320 g/mol. The van der Waals surface area contributed by atoms with E-state index in [1.807, 2.05) is 0 Å². The number of anilines is 1. The van der Waals surface area contributed by atoms with Crippen molar-refractivity contribution in [2.24, 2.45) is 0 Å². The summed E-state index contributed by atoms with van der Waals surface area (Å²) in [6.07, 6.45) is 0. The van der Waals surface area contributed by atoms with Crippen molar-refractivity contribution in [3.8, 4) is 0 Å². The zero-order valence-corrected chi connectivity index (χ0v) is 11.3. The van der Waals surface area contributed by atoms with Crippen LogP contribution in [0.1, 0.15) is 0 Å². The number of carboxylic acid groups (broad SMARTS) is 1. The lowest BCUT2D eigenvalue weighted by Gasteiger charge is -2.31. The lowest BCUT2D eigenvalue weighted by Crippen LogP contribution is -2.45. The van der Waals surface area contributed by atoms with Gasteiger partial charge < -0.3 is 10.0 Å². The summed E-state index contributed by atoms with van der Waals surface area (Å²) in [6, 6.07) is 4.69. The molecular weight excluding hydrogens is 310 g/mol. The highest BCUT2D eigenvalue weighted by Gasteiger charge is 2.41. The summed E-state index contributed by atoms with van der Waals surface area (Å²) in [5, 5.41) is 7.56. The second kappa shape index (κ2) is 3.99. The maximum atomic E-state index is 12.1. The fraction of sp³-hybridized carbons (Fsp3) is 0.300. The Hall–Kier alpha value is -1.08. The highest BCUT2D eigenvalue weighted by Crippen LogP contribution is 2.34. The normalized spacial score (nSPS) is 22.0. The molecule has 0 amide bonds. The number of hydrogen-bond donors (Lipinski definition) is 1. The smallest absolute Gasteiger partial charge is 0.324 e. The Labute approximate surface area is 107 Å². The standard InChI is InChI=1S/C10H10BrNO4S/c1-12-5-9(10(13)14)17(15,16)8-3-2-6(11)4-7(8)12/h2-4,9H,5H2,1H3,(H,13,14). The molecule has 17 heavy (non-hydrogen) atoms. The molecule has 0 radical (unpaired) electrons. The average Bonchev–Trinajstić information content (AvgIpc) is 2.22. The van der Waals surface area contributed by atoms with Gasteiger partial charge in [0.25, 0.3) is 0 Å². The number of fused-ring (bicyclic) bond motifs is 1. The van der Waals surface area contributed by atoms with E-state index in [4.69, 9.17) is 5.11 Å². The minimum absolute atomic E-state index is 0.0406. The number of rotatable bonds is 1. The highest BCUT2D eigenvalue weighted by atomic mass is 79.9. The number of benzene rings is 1. The predicted octanol–water partition coefficient (Wildman–Crippen LogP) is 1.13. The minimum Gasteiger partial charge on any atom is -0.480 e. The molecule has 0 aliphatic carbocycles. The Bertz CT molecular complexity index is 584. The molecule has 0 fully saturated rings. The molecule has 0 saturated heterocycles. The summed E-state index contributed by atoms with van der Waals surface area (Å²) in [5.74, 6) is -1.31. The van der Waals surface area contributed by atoms with Crippen LogP contribution in [-0.4, -0.2) is 38.3 Å². The molecule has 1 aromatic rings. The lowest BCUT2D eigenvalue weighted by atomic mass is 10.2. The Morgan fingerprint density at radius 1 is 1.53 bits per heavy atom. The third-order valence-corrected chi connectivity index (χ3v) is 5.28. The predicted molar refractivity (Wildman–Crippen MR) is 66.0 cm³/mol. The number of carbonyl (C=O) groups is 1. The van der Waals surface area contributed by atoms with Gasteiger partial charge in [-0.2, -0.15) is 0 Å². The van der Waals surface area contributed by atoms with Gasteiger partial charge in [-0.15, -0.1) is 0 Å². The van der Waals surface area contributed by atoms with E-state index in [9.17, 15) is 13.2 Å². The van der Waals surface area contributed by atoms with Crippen molar-refractivity contribution < 1.29 is 18.3 Å². The van der Waals surface area contributed by atoms with Crippen molar-refractivity contribution in [1.29, 1.82) is 0 Å². The molecule has 1 N–H and O–H groups in total. The van der Waals surface area contributed by atoms with E-state index >= 15 is 0 Å². The van der Waals surface area contributed by atoms with E-state index in [-0.39, 0.29) is 11.4 Å². The monoisotopic (exact) mass is 319 g/mol. The number of nitrogens with zero attached hydrogens (tertiary/aromatic N) is 1. The maximum absolute atomic E-state index is 12.1. The van der Waals surface area contributed by atoms with E-state index in [1.165, 1.54) is 6.07 Å². The molecule has 1 heterocycles. The molecule has 1 atom stereocenters. The summed E-state index contributed by atoms with van der Waals surface area (Å²) in [7, 11) is -2.12. The summed E-state index contributed by atoms with van der Waals surface area (Å²) in [6.45, 7) is -0.0406. The van der Waals surface area contributed by atoms with Gasteiger partial charge in [0.15, 0.2) is 15.1 Å². The Morgan fingerprint density at radius 3 is 2.76 bits per heavy atom. The van der Waals surface area contributed by atoms with E-state index in [2.05, 4.69) is 15.9 Å². The van der Waals surface area contributed by atoms with Crippen molar-refractivity contribution >= 4 is 37.4 Å². The molecule has 1 aliphatic rings. The van der Waals surface area contributed by atoms with Gasteiger partial charge in [-0.3, -0.25) is 4.79 Å². The summed E-state index contributed by atoms with van der Waals surface area (Å²) >= 11 is 3.26. The van der Waals surface area contributed by atoms with Crippen molar-refractivity contribution in [2.45, 2.75) is 10.1 Å². The van der Waals surface area contributed by atoms with Crippen LogP contribution in [0, 0.1) is 0 Å². The first-order valence-corrected chi connectivity index (χ1v) is 7.15. The molecule has 0 saturated carbocycles. The van der Waals surface area contributed by atoms with Crippen LogP contribution in [0.5, 0.6) is 0 Å². The van der Waals surface area contributed by atoms with Gasteiger partial charge in [0.2, 0.25) is 0 Å². The van der Waals surface area contributed by atoms with Gasteiger partial charge in [0.1, 0.15) is 0 Å². The first-order chi connectivity index (χ1) is 7.84. The molecule has 0 spiro atoms. The molecule has 0 bridgehead atoms. The first kappa shape index (κ1) is 12.4. The Kier molecular flexibility index (Phi) is 2.90. The summed E-state index contributed by atoms with van der Waals surface area (Å²) < 4.78 is 24.9. The van der Waals surface area contributed by atoms with Crippen LogP contribution in [0.3, 0.4) is 0 Å². The van der Waals surface area contributed by atoms with Crippen LogP contribution in [0.25, 0.3) is 0 Å². The van der Waals surface area contributed by atoms with Crippen molar-refractivity contribution in [2.75, 3.05) is 18.5 Å². The van der Waals surface area contributed by atoms with Crippen LogP contribution in [0.2, 0.25) is 0 Å². The van der Waals surface area contributed by atoms with Crippen LogP contribution >= 0.6 is 15.9 Å². The third-order valence-electron chi connectivity index (χ3n) is 2.73. The second-order valence-electron chi connectivity index (χ2n) is 3.86. The second-order valence-corrected chi connectivity index (χ2v) is 6.88. The van der Waals surface area contributed by atoms with Gasteiger partial charge in [-0.1, -0.05) is 15.9 Å². The SMILES string of the molecule is CN1CC(C(=O)O)S(=O)(=O)c2ccc(Br)cc21. The Morgan fingerprint density at radius 2 is 2.18 bits per heavy atom. The Balaban J connectivity index is 2.67. The highest BCUT2D eigenvalue weighted by molar-refractivity contribution is 9.10. The fourth-order valence-electron chi connectivity index (χ4n) is 1.84. The van der Waals surface area contributed by atoms with E-state index in [0.717, 1.165) is 4.47 Å². The quantitative estimate of drug-likeness (QED) is 0.839. The molecular formula is C10H10BrNO4S. The fourth-order valence-corrected chi connectivity index (χ4v) is 3.94. The summed E-state index contributed by atoms with van der Waals surface area (Å²) in [4.78, 5) is 12.7. The van der Waals surface area contributed by atoms with Crippen LogP contribution in [0.4, 0.5) is 5.69 Å². The van der Waals surface area contributed by atoms with Crippen LogP contribution in [-0.2, 0) is 14.6 Å². The molecule has 1 unspecified atom stereocenters. The van der Waals surface area contributed by atoms with Crippen molar-refractivity contribution in [3.05, 3.63) is 22.7 Å². The lowest BCUT2D eigenvalue weighted by molar-refractivity contribution is -0.136. The molecule has 5 nitrogen and oxygen atoms in total. The van der Waals surface area contributed by atoms with Crippen molar-refractivity contribution in [3.63, 3.8) is 0 Å². The molecule has 92 valence electrons. The number of aliphatic carboxylic acids is 1. The molecule has 0 aromatic heterocycles. The zero-order chi connectivity index (χ0) is 12.8. The topological polar surface area (TPSA) is 74.7 Å². The van der Waals surface area contributed by atoms with Gasteiger partial charge in [0, 0.05) is 18.1 Å². The number of hydrogen-bond acceptors (Lipinski definition) is 4. The third kappa shape index (κ3) is 1.93. The van der Waals surface area contributed by atoms with Gasteiger partial charge >= 0.3 is 5.97 Å². The van der Waals surface area contributed by atoms with Gasteiger partial charge in [-0.25, -0.2) is 8.42 Å². The number of carboxylic acids is 1. The molecule has 2 rings (SSSR count). The molecule has 1 aliphatic heterocycles. The largest absolute Gasteiger partial charge is 0.480 e. The number of sulfone groups is 1. The minimum atomic E-state index is -3.79. The molecule has 7 heteroatoms. The van der Waals surface area contributed by atoms with E-state index in [0.29, 0.717) is 5.69 Å². The molecule has 1 aromatic carbocycles. The van der Waals surface area contributed by atoms with E-state index < -0.39 is 21.1 Å². The van der Waals surface area contributed by atoms with Crippen LogP contribution in [0.15, 0.2) is 27.6 Å². The van der Waals surface area contributed by atoms with Crippen molar-refractivity contribution in [1.82, 2.24) is 0 Å². The van der Waals surface area contributed by atoms with E-state index in [1.54, 1.807) is 24.1 Å². The zero-order valence-electron chi connectivity index (χ0n) is 8.92. The van der Waals surface area contributed by atoms with Crippen LogP contribution < -0.4 is 4.90 Å².